The topological polar surface area (TPSA) is 49.7 Å². The first-order valence-corrected chi connectivity index (χ1v) is 7.58. The lowest BCUT2D eigenvalue weighted by molar-refractivity contribution is -0.100. The van der Waals surface area contributed by atoms with E-state index in [0.29, 0.717) is 0 Å². The highest BCUT2D eigenvalue weighted by molar-refractivity contribution is 8.78. The minimum atomic E-state index is -0.596. The molecule has 0 aromatic heterocycles. The molecule has 1 heterocycles. The van der Waals surface area contributed by atoms with Crippen LogP contribution in [0.3, 0.4) is 0 Å². The standard InChI is InChI=1S/C11H22O3S2/c1-9(2,3)14-8-10(4,5)15-16-11(8,6-12)7-13/h8,12-13H,6-7H2,1-5H3. The molecule has 1 unspecified atom stereocenters. The number of aliphatic hydroxyl groups excluding tert-OH is 2. The number of aliphatic hydroxyl groups is 2. The zero-order valence-corrected chi connectivity index (χ0v) is 12.2. The first kappa shape index (κ1) is 14.6. The second-order valence-corrected chi connectivity index (χ2v) is 8.96. The van der Waals surface area contributed by atoms with Crippen LogP contribution in [-0.4, -0.2) is 44.6 Å². The maximum atomic E-state index is 9.54. The molecule has 1 saturated heterocycles. The van der Waals surface area contributed by atoms with Gasteiger partial charge in [-0.15, -0.1) is 0 Å². The summed E-state index contributed by atoms with van der Waals surface area (Å²) in [6.07, 6.45) is -0.162. The van der Waals surface area contributed by atoms with Crippen molar-refractivity contribution in [3.05, 3.63) is 0 Å². The van der Waals surface area contributed by atoms with Crippen LogP contribution in [-0.2, 0) is 4.74 Å². The molecule has 16 heavy (non-hydrogen) atoms. The van der Waals surface area contributed by atoms with Crippen LogP contribution in [0.1, 0.15) is 34.6 Å². The van der Waals surface area contributed by atoms with Gasteiger partial charge in [0.15, 0.2) is 0 Å². The van der Waals surface area contributed by atoms with E-state index in [2.05, 4.69) is 13.8 Å². The fourth-order valence-electron chi connectivity index (χ4n) is 1.78. The van der Waals surface area contributed by atoms with E-state index in [1.165, 1.54) is 10.8 Å². The highest BCUT2D eigenvalue weighted by Gasteiger charge is 2.56. The van der Waals surface area contributed by atoms with Gasteiger partial charge in [-0.25, -0.2) is 0 Å². The Labute approximate surface area is 106 Å². The summed E-state index contributed by atoms with van der Waals surface area (Å²) in [5.74, 6) is 0. The van der Waals surface area contributed by atoms with Gasteiger partial charge in [-0.2, -0.15) is 0 Å². The predicted octanol–water partition coefficient (Wildman–Crippen LogP) is 2.07. The van der Waals surface area contributed by atoms with Crippen LogP contribution in [0.15, 0.2) is 0 Å². The van der Waals surface area contributed by atoms with Crippen molar-refractivity contribution in [3.8, 4) is 0 Å². The zero-order valence-electron chi connectivity index (χ0n) is 10.6. The Morgan fingerprint density at radius 2 is 1.62 bits per heavy atom. The lowest BCUT2D eigenvalue weighted by atomic mass is 9.91. The number of hydrogen-bond acceptors (Lipinski definition) is 5. The number of ether oxygens (including phenoxy) is 1. The fraction of sp³-hybridized carbons (Fsp3) is 1.00. The van der Waals surface area contributed by atoms with Crippen LogP contribution in [0, 0.1) is 0 Å². The molecule has 3 nitrogen and oxygen atoms in total. The molecule has 2 N–H and O–H groups in total. The van der Waals surface area contributed by atoms with Gasteiger partial charge in [-0.1, -0.05) is 21.6 Å². The predicted molar refractivity (Wildman–Crippen MR) is 70.8 cm³/mol. The van der Waals surface area contributed by atoms with Crippen LogP contribution in [0.25, 0.3) is 0 Å². The number of rotatable bonds is 3. The fourth-order valence-corrected chi connectivity index (χ4v) is 5.12. The molecule has 1 aliphatic heterocycles. The Balaban J connectivity index is 2.96. The molecule has 96 valence electrons. The van der Waals surface area contributed by atoms with Crippen molar-refractivity contribution in [1.82, 2.24) is 0 Å². The summed E-state index contributed by atoms with van der Waals surface area (Å²) >= 11 is 0. The van der Waals surface area contributed by atoms with Crippen molar-refractivity contribution in [2.45, 2.75) is 55.8 Å². The van der Waals surface area contributed by atoms with Gasteiger partial charge in [-0.05, 0) is 34.6 Å². The minimum absolute atomic E-state index is 0.0641. The SMILES string of the molecule is CC(C)(C)OC1C(C)(C)SSC1(CO)CO. The smallest absolute Gasteiger partial charge is 0.0998 e. The summed E-state index contributed by atoms with van der Waals surface area (Å²) in [6.45, 7) is 10.0. The highest BCUT2D eigenvalue weighted by Crippen LogP contribution is 2.58. The average molecular weight is 266 g/mol. The number of hydrogen-bond donors (Lipinski definition) is 2. The monoisotopic (exact) mass is 266 g/mol. The van der Waals surface area contributed by atoms with Gasteiger partial charge >= 0.3 is 0 Å². The van der Waals surface area contributed by atoms with E-state index in [1.54, 1.807) is 10.8 Å². The molecule has 0 saturated carbocycles. The summed E-state index contributed by atoms with van der Waals surface area (Å²) in [5.41, 5.74) is -0.275. The summed E-state index contributed by atoms with van der Waals surface area (Å²) in [7, 11) is 3.21. The first-order chi connectivity index (χ1) is 7.17. The molecule has 1 aliphatic rings. The Morgan fingerprint density at radius 1 is 1.12 bits per heavy atom. The molecule has 5 heteroatoms. The molecule has 0 aromatic carbocycles. The molecule has 0 bridgehead atoms. The Hall–Kier alpha value is 0.580. The second-order valence-electron chi connectivity index (χ2n) is 5.76. The van der Waals surface area contributed by atoms with Gasteiger partial charge in [-0.3, -0.25) is 0 Å². The van der Waals surface area contributed by atoms with Gasteiger partial charge in [0.25, 0.3) is 0 Å². The van der Waals surface area contributed by atoms with Crippen molar-refractivity contribution in [2.75, 3.05) is 13.2 Å². The third-order valence-corrected chi connectivity index (χ3v) is 6.60. The van der Waals surface area contributed by atoms with E-state index in [9.17, 15) is 10.2 Å². The minimum Gasteiger partial charge on any atom is -0.395 e. The van der Waals surface area contributed by atoms with E-state index in [4.69, 9.17) is 4.74 Å². The van der Waals surface area contributed by atoms with Crippen molar-refractivity contribution in [3.63, 3.8) is 0 Å². The first-order valence-electron chi connectivity index (χ1n) is 5.43. The van der Waals surface area contributed by atoms with Gasteiger partial charge in [0.1, 0.15) is 0 Å². The molecule has 1 fully saturated rings. The second kappa shape index (κ2) is 4.69. The van der Waals surface area contributed by atoms with Crippen molar-refractivity contribution < 1.29 is 14.9 Å². The zero-order chi connectivity index (χ0) is 12.6. The third kappa shape index (κ3) is 2.88. The molecule has 1 atom stereocenters. The van der Waals surface area contributed by atoms with Gasteiger partial charge in [0, 0.05) is 4.75 Å². The molecule has 0 aromatic rings. The van der Waals surface area contributed by atoms with Crippen molar-refractivity contribution in [1.29, 1.82) is 0 Å². The van der Waals surface area contributed by atoms with Crippen LogP contribution in [0.4, 0.5) is 0 Å². The quantitative estimate of drug-likeness (QED) is 0.766. The van der Waals surface area contributed by atoms with Gasteiger partial charge < -0.3 is 14.9 Å². The summed E-state index contributed by atoms with van der Waals surface area (Å²) in [6, 6.07) is 0. The average Bonchev–Trinajstić information content (AvgIpc) is 2.39. The molecule has 0 amide bonds. The van der Waals surface area contributed by atoms with Crippen LogP contribution in [0.2, 0.25) is 0 Å². The van der Waals surface area contributed by atoms with Crippen LogP contribution < -0.4 is 0 Å². The van der Waals surface area contributed by atoms with E-state index < -0.39 is 4.75 Å². The summed E-state index contributed by atoms with van der Waals surface area (Å²) in [4.78, 5) is 0. The van der Waals surface area contributed by atoms with Crippen molar-refractivity contribution in [2.24, 2.45) is 0 Å². The highest BCUT2D eigenvalue weighted by atomic mass is 33.1. The van der Waals surface area contributed by atoms with Crippen LogP contribution >= 0.6 is 21.6 Å². The Kier molecular flexibility index (Phi) is 4.29. The van der Waals surface area contributed by atoms with E-state index in [1.807, 2.05) is 20.8 Å². The summed E-state index contributed by atoms with van der Waals surface area (Å²) < 4.78 is 5.35. The van der Waals surface area contributed by atoms with Gasteiger partial charge in [0.2, 0.25) is 0 Å². The van der Waals surface area contributed by atoms with Crippen LogP contribution in [0.5, 0.6) is 0 Å². The third-order valence-electron chi connectivity index (χ3n) is 2.54. The van der Waals surface area contributed by atoms with Crippen molar-refractivity contribution >= 4 is 21.6 Å². The summed E-state index contributed by atoms with van der Waals surface area (Å²) in [5, 5.41) is 19.1. The van der Waals surface area contributed by atoms with Gasteiger partial charge in [0.05, 0.1) is 29.7 Å². The molecular weight excluding hydrogens is 244 g/mol. The van der Waals surface area contributed by atoms with E-state index >= 15 is 0 Å². The van der Waals surface area contributed by atoms with E-state index in [0.717, 1.165) is 0 Å². The van der Waals surface area contributed by atoms with E-state index in [-0.39, 0.29) is 29.7 Å². The molecule has 0 spiro atoms. The molecular formula is C11H22O3S2. The molecule has 0 radical (unpaired) electrons. The largest absolute Gasteiger partial charge is 0.395 e. The lowest BCUT2D eigenvalue weighted by Gasteiger charge is -2.39. The Bertz CT molecular complexity index is 244. The molecule has 0 aliphatic carbocycles. The normalized spacial score (nSPS) is 28.3. The lowest BCUT2D eigenvalue weighted by Crippen LogP contribution is -2.53. The Morgan fingerprint density at radius 3 is 2.00 bits per heavy atom. The maximum absolute atomic E-state index is 9.54. The maximum Gasteiger partial charge on any atom is 0.0998 e. The molecule has 1 rings (SSSR count).